The second kappa shape index (κ2) is 7.32. The van der Waals surface area contributed by atoms with E-state index in [1.807, 2.05) is 6.92 Å². The molecule has 1 saturated carbocycles. The topological polar surface area (TPSA) is 36.4 Å². The monoisotopic (exact) mass is 294 g/mol. The van der Waals surface area contributed by atoms with E-state index in [1.54, 1.807) is 6.07 Å². The molecule has 1 aliphatic rings. The number of hydrogen-bond acceptors (Lipinski definition) is 3. The van der Waals surface area contributed by atoms with Crippen molar-refractivity contribution in [1.82, 2.24) is 9.88 Å². The summed E-state index contributed by atoms with van der Waals surface area (Å²) in [5.74, 6) is 0.427. The van der Waals surface area contributed by atoms with Crippen molar-refractivity contribution in [2.45, 2.75) is 52.2 Å². The molecule has 1 aromatic rings. The molecule has 0 aromatic carbocycles. The van der Waals surface area contributed by atoms with Crippen molar-refractivity contribution in [2.24, 2.45) is 11.8 Å². The number of aromatic nitrogens is 1. The Kier molecular flexibility index (Phi) is 5.71. The van der Waals surface area contributed by atoms with E-state index in [-0.39, 0.29) is 11.7 Å². The number of halogens is 1. The van der Waals surface area contributed by atoms with E-state index in [4.69, 9.17) is 0 Å². The van der Waals surface area contributed by atoms with Crippen molar-refractivity contribution in [3.63, 3.8) is 0 Å². The normalized spacial score (nSPS) is 18.2. The number of nitrogens with zero attached hydrogens (tertiary/aromatic N) is 2. The molecule has 1 fully saturated rings. The Morgan fingerprint density at radius 1 is 1.33 bits per heavy atom. The van der Waals surface area contributed by atoms with Gasteiger partial charge in [0.15, 0.2) is 0 Å². The fourth-order valence-corrected chi connectivity index (χ4v) is 2.61. The lowest BCUT2D eigenvalue weighted by atomic mass is 10.00. The van der Waals surface area contributed by atoms with E-state index >= 15 is 0 Å². The number of hydrogen-bond donors (Lipinski definition) is 1. The van der Waals surface area contributed by atoms with Gasteiger partial charge in [-0.25, -0.2) is 4.39 Å². The minimum atomic E-state index is -0.633. The zero-order valence-electron chi connectivity index (χ0n) is 13.3. The summed E-state index contributed by atoms with van der Waals surface area (Å²) in [6.45, 7) is 8.49. The maximum absolute atomic E-state index is 12.9. The standard InChI is InChI=1S/C17H27FN2O/c1-12(2)8-9-20(15-5-6-15)11-13(3)17(21)16-7-4-14(18)10-19-16/h4,7,10,12-13,15,17,21H,5-6,8-9,11H2,1-3H3. The molecule has 1 N–H and O–H groups in total. The SMILES string of the molecule is CC(C)CCN(CC(C)C(O)c1ccc(F)cn1)C1CC1. The van der Waals surface area contributed by atoms with Crippen molar-refractivity contribution in [3.05, 3.63) is 29.8 Å². The second-order valence-corrected chi connectivity index (χ2v) is 6.73. The van der Waals surface area contributed by atoms with E-state index < -0.39 is 6.10 Å². The van der Waals surface area contributed by atoms with Crippen LogP contribution in [0.5, 0.6) is 0 Å². The van der Waals surface area contributed by atoms with Gasteiger partial charge in [-0.15, -0.1) is 0 Å². The van der Waals surface area contributed by atoms with Gasteiger partial charge in [0.05, 0.1) is 18.0 Å². The van der Waals surface area contributed by atoms with Crippen LogP contribution >= 0.6 is 0 Å². The highest BCUT2D eigenvalue weighted by molar-refractivity contribution is 5.09. The fourth-order valence-electron chi connectivity index (χ4n) is 2.61. The molecule has 0 bridgehead atoms. The lowest BCUT2D eigenvalue weighted by Crippen LogP contribution is -2.34. The number of pyridine rings is 1. The molecular formula is C17H27FN2O. The molecule has 1 aromatic heterocycles. The predicted octanol–water partition coefficient (Wildman–Crippen LogP) is 3.40. The Morgan fingerprint density at radius 3 is 2.57 bits per heavy atom. The first kappa shape index (κ1) is 16.4. The van der Waals surface area contributed by atoms with Crippen LogP contribution in [0.25, 0.3) is 0 Å². The molecule has 2 rings (SSSR count). The van der Waals surface area contributed by atoms with E-state index in [9.17, 15) is 9.50 Å². The highest BCUT2D eigenvalue weighted by Gasteiger charge is 2.31. The predicted molar refractivity (Wildman–Crippen MR) is 82.4 cm³/mol. The number of rotatable bonds is 8. The highest BCUT2D eigenvalue weighted by Crippen LogP contribution is 2.30. The van der Waals surface area contributed by atoms with Gasteiger partial charge in [-0.05, 0) is 43.9 Å². The van der Waals surface area contributed by atoms with Crippen molar-refractivity contribution < 1.29 is 9.50 Å². The third kappa shape index (κ3) is 5.04. The summed E-state index contributed by atoms with van der Waals surface area (Å²) in [5.41, 5.74) is 0.559. The smallest absolute Gasteiger partial charge is 0.141 e. The van der Waals surface area contributed by atoms with Gasteiger partial charge in [0.1, 0.15) is 5.82 Å². The van der Waals surface area contributed by atoms with Crippen molar-refractivity contribution in [3.8, 4) is 0 Å². The van der Waals surface area contributed by atoms with E-state index in [0.29, 0.717) is 17.7 Å². The van der Waals surface area contributed by atoms with Crippen LogP contribution in [0, 0.1) is 17.7 Å². The second-order valence-electron chi connectivity index (χ2n) is 6.73. The molecule has 1 heterocycles. The molecule has 0 radical (unpaired) electrons. The van der Waals surface area contributed by atoms with Gasteiger partial charge >= 0.3 is 0 Å². The molecule has 2 unspecified atom stereocenters. The fraction of sp³-hybridized carbons (Fsp3) is 0.706. The summed E-state index contributed by atoms with van der Waals surface area (Å²) in [7, 11) is 0. The molecule has 0 spiro atoms. The third-order valence-corrected chi connectivity index (χ3v) is 4.17. The Morgan fingerprint density at radius 2 is 2.05 bits per heavy atom. The molecule has 0 saturated heterocycles. The average molecular weight is 294 g/mol. The summed E-state index contributed by atoms with van der Waals surface area (Å²) in [6, 6.07) is 3.63. The first-order valence-corrected chi connectivity index (χ1v) is 8.01. The Balaban J connectivity index is 1.91. The van der Waals surface area contributed by atoms with Crippen LogP contribution in [0.3, 0.4) is 0 Å². The van der Waals surface area contributed by atoms with Crippen LogP contribution in [0.15, 0.2) is 18.3 Å². The van der Waals surface area contributed by atoms with Gasteiger partial charge in [-0.3, -0.25) is 4.98 Å². The molecule has 118 valence electrons. The van der Waals surface area contributed by atoms with Crippen molar-refractivity contribution >= 4 is 0 Å². The maximum Gasteiger partial charge on any atom is 0.141 e. The van der Waals surface area contributed by atoms with Gasteiger partial charge in [-0.2, -0.15) is 0 Å². The molecule has 0 aliphatic heterocycles. The third-order valence-electron chi connectivity index (χ3n) is 4.17. The quantitative estimate of drug-likeness (QED) is 0.798. The van der Waals surface area contributed by atoms with E-state index in [2.05, 4.69) is 23.7 Å². The van der Waals surface area contributed by atoms with E-state index in [0.717, 1.165) is 13.1 Å². The first-order valence-electron chi connectivity index (χ1n) is 8.01. The molecule has 2 atom stereocenters. The van der Waals surface area contributed by atoms with Crippen LogP contribution in [-0.4, -0.2) is 34.1 Å². The molecule has 3 nitrogen and oxygen atoms in total. The van der Waals surface area contributed by atoms with Gasteiger partial charge in [-0.1, -0.05) is 20.8 Å². The van der Waals surface area contributed by atoms with Crippen LogP contribution in [0.1, 0.15) is 51.8 Å². The van der Waals surface area contributed by atoms with Crippen LogP contribution in [0.4, 0.5) is 4.39 Å². The van der Waals surface area contributed by atoms with Crippen LogP contribution in [-0.2, 0) is 0 Å². The summed E-state index contributed by atoms with van der Waals surface area (Å²) in [6.07, 6.45) is 4.27. The molecule has 21 heavy (non-hydrogen) atoms. The molecule has 1 aliphatic carbocycles. The summed E-state index contributed by atoms with van der Waals surface area (Å²) < 4.78 is 12.9. The molecule has 4 heteroatoms. The number of aliphatic hydroxyl groups is 1. The van der Waals surface area contributed by atoms with Gasteiger partial charge in [0.2, 0.25) is 0 Å². The van der Waals surface area contributed by atoms with Gasteiger partial charge < -0.3 is 10.0 Å². The Bertz CT molecular complexity index is 431. The largest absolute Gasteiger partial charge is 0.386 e. The van der Waals surface area contributed by atoms with Crippen molar-refractivity contribution in [1.29, 1.82) is 0 Å². The Labute approximate surface area is 127 Å². The summed E-state index contributed by atoms with van der Waals surface area (Å²) >= 11 is 0. The van der Waals surface area contributed by atoms with Crippen molar-refractivity contribution in [2.75, 3.05) is 13.1 Å². The summed E-state index contributed by atoms with van der Waals surface area (Å²) in [4.78, 5) is 6.50. The molecule has 0 amide bonds. The minimum absolute atomic E-state index is 0.0933. The zero-order valence-corrected chi connectivity index (χ0v) is 13.3. The maximum atomic E-state index is 12.9. The summed E-state index contributed by atoms with van der Waals surface area (Å²) in [5, 5.41) is 10.4. The van der Waals surface area contributed by atoms with Crippen LogP contribution < -0.4 is 0 Å². The Hall–Kier alpha value is -1.00. The van der Waals surface area contributed by atoms with Gasteiger partial charge in [0, 0.05) is 18.5 Å². The average Bonchev–Trinajstić information content (AvgIpc) is 3.27. The molecular weight excluding hydrogens is 267 g/mol. The highest BCUT2D eigenvalue weighted by atomic mass is 19.1. The number of aliphatic hydroxyl groups excluding tert-OH is 1. The first-order chi connectivity index (χ1) is 9.97. The van der Waals surface area contributed by atoms with E-state index in [1.165, 1.54) is 31.5 Å². The van der Waals surface area contributed by atoms with Crippen LogP contribution in [0.2, 0.25) is 0 Å². The minimum Gasteiger partial charge on any atom is -0.386 e. The zero-order chi connectivity index (χ0) is 15.4. The lowest BCUT2D eigenvalue weighted by Gasteiger charge is -2.28. The lowest BCUT2D eigenvalue weighted by molar-refractivity contribution is 0.0808. The van der Waals surface area contributed by atoms with Gasteiger partial charge in [0.25, 0.3) is 0 Å².